The van der Waals surface area contributed by atoms with E-state index in [1.165, 1.54) is 28.4 Å². The fourth-order valence-corrected chi connectivity index (χ4v) is 7.06. The highest BCUT2D eigenvalue weighted by atomic mass is 32.1. The highest BCUT2D eigenvalue weighted by Gasteiger charge is 2.54. The minimum Gasteiger partial charge on any atom is -0.505 e. The highest BCUT2D eigenvalue weighted by molar-refractivity contribution is 7.09. The molecule has 3 N–H and O–H groups in total. The Bertz CT molecular complexity index is 1490. The van der Waals surface area contributed by atoms with Crippen molar-refractivity contribution in [2.24, 2.45) is 17.8 Å². The van der Waals surface area contributed by atoms with Gasteiger partial charge in [-0.05, 0) is 84.2 Å². The van der Waals surface area contributed by atoms with E-state index in [1.54, 1.807) is 24.4 Å². The van der Waals surface area contributed by atoms with Gasteiger partial charge in [0.25, 0.3) is 0 Å². The van der Waals surface area contributed by atoms with Crippen LogP contribution in [-0.2, 0) is 16.1 Å². The molecule has 0 unspecified atom stereocenters. The van der Waals surface area contributed by atoms with Crippen LogP contribution in [0.1, 0.15) is 55.2 Å². The number of aromatic hydroxyl groups is 1. The number of amides is 2. The maximum absolute atomic E-state index is 14.1. The zero-order valence-corrected chi connectivity index (χ0v) is 24.3. The smallest absolute Gasteiger partial charge is 0.234 e. The summed E-state index contributed by atoms with van der Waals surface area (Å²) in [5, 5.41) is 33.7. The van der Waals surface area contributed by atoms with E-state index in [4.69, 9.17) is 0 Å². The summed E-state index contributed by atoms with van der Waals surface area (Å²) in [5.74, 6) is -3.57. The molecule has 7 nitrogen and oxygen atoms in total. The lowest BCUT2D eigenvalue weighted by Gasteiger charge is -2.36. The summed E-state index contributed by atoms with van der Waals surface area (Å²) >= 11 is 1.49. The average Bonchev–Trinajstić information content (AvgIpc) is 3.59. The fourth-order valence-electron chi connectivity index (χ4n) is 6.37. The number of nitrogens with zero attached hydrogens (tertiary/aromatic N) is 2. The maximum atomic E-state index is 14.1. The molecule has 5 rings (SSSR count). The van der Waals surface area contributed by atoms with Gasteiger partial charge in [-0.2, -0.15) is 0 Å². The summed E-state index contributed by atoms with van der Waals surface area (Å²) in [6, 6.07) is 13.4. The zero-order chi connectivity index (χ0) is 29.8. The van der Waals surface area contributed by atoms with Crippen LogP contribution >= 0.6 is 11.3 Å². The Balaban J connectivity index is 1.42. The largest absolute Gasteiger partial charge is 0.505 e. The Hall–Kier alpha value is -3.66. The Morgan fingerprint density at radius 1 is 1.19 bits per heavy atom. The highest BCUT2D eigenvalue weighted by Crippen LogP contribution is 2.47. The number of carbonyl (C=O) groups excluding carboxylic acids is 2. The molecule has 42 heavy (non-hydrogen) atoms. The summed E-state index contributed by atoms with van der Waals surface area (Å²) in [6.07, 6.45) is 4.99. The summed E-state index contributed by atoms with van der Waals surface area (Å²) in [6.45, 7) is 1.90. The number of phenols is 1. The second-order valence-corrected chi connectivity index (χ2v) is 12.0. The number of allylic oxidation sites excluding steroid dienone is 2. The number of imide groups is 1. The lowest BCUT2D eigenvalue weighted by atomic mass is 9.67. The Kier molecular flexibility index (Phi) is 9.30. The molecule has 2 aromatic heterocycles. The van der Waals surface area contributed by atoms with E-state index in [0.29, 0.717) is 36.1 Å². The van der Waals surface area contributed by atoms with E-state index in [1.807, 2.05) is 36.6 Å². The number of aliphatic hydroxyl groups excluding tert-OH is 2. The standard InChI is InChI=1S/C33H35FN2O5S/c1-2-6-22-17-24-31(33(41)36(32(24)40)18-23-7-5-14-42-23)25(19-37)30(22)29(39)12-10-21(27-8-3-4-13-35-27)15-20-9-11-28(38)26(34)16-20/h3-5,7-9,11,13-16,24-25,29,31,37-39H,2,6,10,12,17-19H2,1H3/b21-15-/t24-,25+,29-,31-/m1/s1. The van der Waals surface area contributed by atoms with Crippen LogP contribution < -0.4 is 0 Å². The molecule has 0 spiro atoms. The molecule has 2 aliphatic rings. The quantitative estimate of drug-likeness (QED) is 0.199. The van der Waals surface area contributed by atoms with E-state index >= 15 is 0 Å². The van der Waals surface area contributed by atoms with Gasteiger partial charge in [0.2, 0.25) is 11.8 Å². The number of halogens is 1. The molecule has 1 aromatic carbocycles. The molecular formula is C33H35FN2O5S. The van der Waals surface area contributed by atoms with Gasteiger partial charge in [0.05, 0.1) is 36.8 Å². The molecule has 2 amide bonds. The number of hydrogen-bond acceptors (Lipinski definition) is 7. The number of carbonyl (C=O) groups is 2. The van der Waals surface area contributed by atoms with Crippen molar-refractivity contribution in [2.45, 2.75) is 51.7 Å². The third kappa shape index (κ3) is 6.09. The molecule has 1 saturated heterocycles. The van der Waals surface area contributed by atoms with Gasteiger partial charge < -0.3 is 15.3 Å². The summed E-state index contributed by atoms with van der Waals surface area (Å²) < 4.78 is 14.1. The van der Waals surface area contributed by atoms with Crippen molar-refractivity contribution in [1.82, 2.24) is 9.88 Å². The number of fused-ring (bicyclic) bond motifs is 1. The first-order valence-electron chi connectivity index (χ1n) is 14.3. The fraction of sp³-hybridized carbons (Fsp3) is 0.364. The molecule has 1 aliphatic heterocycles. The second kappa shape index (κ2) is 13.1. The van der Waals surface area contributed by atoms with Crippen LogP contribution in [0, 0.1) is 23.6 Å². The minimum absolute atomic E-state index is 0.208. The van der Waals surface area contributed by atoms with Crippen molar-refractivity contribution >= 4 is 34.8 Å². The Morgan fingerprint density at radius 3 is 2.69 bits per heavy atom. The van der Waals surface area contributed by atoms with E-state index in [2.05, 4.69) is 4.98 Å². The normalized spacial score (nSPS) is 21.7. The van der Waals surface area contributed by atoms with E-state index in [-0.39, 0.29) is 31.4 Å². The maximum Gasteiger partial charge on any atom is 0.234 e. The van der Waals surface area contributed by atoms with Crippen LogP contribution in [0.2, 0.25) is 0 Å². The van der Waals surface area contributed by atoms with E-state index in [0.717, 1.165) is 22.4 Å². The molecule has 0 bridgehead atoms. The second-order valence-electron chi connectivity index (χ2n) is 10.9. The van der Waals surface area contributed by atoms with Gasteiger partial charge in [0.1, 0.15) is 0 Å². The van der Waals surface area contributed by atoms with Crippen LogP contribution in [0.15, 0.2) is 71.3 Å². The topological polar surface area (TPSA) is 111 Å². The van der Waals surface area contributed by atoms with Crippen molar-refractivity contribution < 1.29 is 29.3 Å². The molecular weight excluding hydrogens is 555 g/mol. The first-order chi connectivity index (χ1) is 20.3. The van der Waals surface area contributed by atoms with Crippen LogP contribution in [0.4, 0.5) is 4.39 Å². The number of benzene rings is 1. The average molecular weight is 591 g/mol. The van der Waals surface area contributed by atoms with Crippen LogP contribution in [0.5, 0.6) is 5.75 Å². The van der Waals surface area contributed by atoms with Gasteiger partial charge in [-0.1, -0.05) is 37.1 Å². The SMILES string of the molecule is CCCC1=C([C@H](O)CC/C(=C/c2ccc(O)c(F)c2)c2ccccn2)[C@H](CO)[C@@H]2C(=O)N(Cc3cccs3)C(=O)[C@@H]2C1. The van der Waals surface area contributed by atoms with E-state index < -0.39 is 35.4 Å². The molecule has 1 aliphatic carbocycles. The number of aliphatic hydroxyl groups is 2. The summed E-state index contributed by atoms with van der Waals surface area (Å²) in [5.41, 5.74) is 3.58. The first-order valence-corrected chi connectivity index (χ1v) is 15.2. The lowest BCUT2D eigenvalue weighted by molar-refractivity contribution is -0.140. The molecule has 1 fully saturated rings. The van der Waals surface area contributed by atoms with Crippen molar-refractivity contribution in [3.63, 3.8) is 0 Å². The van der Waals surface area contributed by atoms with E-state index in [9.17, 15) is 29.3 Å². The Labute approximate surface area is 248 Å². The summed E-state index contributed by atoms with van der Waals surface area (Å²) in [4.78, 5) is 33.7. The van der Waals surface area contributed by atoms with Gasteiger partial charge >= 0.3 is 0 Å². The first kappa shape index (κ1) is 29.8. The number of pyridine rings is 1. The predicted molar refractivity (Wildman–Crippen MR) is 159 cm³/mol. The molecule has 9 heteroatoms. The van der Waals surface area contributed by atoms with Gasteiger partial charge in [0, 0.05) is 17.0 Å². The third-order valence-corrected chi connectivity index (χ3v) is 9.13. The van der Waals surface area contributed by atoms with Gasteiger partial charge in [-0.25, -0.2) is 4.39 Å². The molecule has 0 saturated carbocycles. The number of rotatable bonds is 11. The Morgan fingerprint density at radius 2 is 2.02 bits per heavy atom. The van der Waals surface area contributed by atoms with Crippen molar-refractivity contribution in [2.75, 3.05) is 6.61 Å². The number of phenolic OH excluding ortho intramolecular Hbond substituents is 1. The molecule has 4 atom stereocenters. The van der Waals surface area contributed by atoms with Crippen LogP contribution in [0.25, 0.3) is 11.6 Å². The van der Waals surface area contributed by atoms with Gasteiger partial charge in [-0.3, -0.25) is 19.5 Å². The van der Waals surface area contributed by atoms with Crippen molar-refractivity contribution in [3.05, 3.63) is 93.2 Å². The van der Waals surface area contributed by atoms with Gasteiger partial charge in [0.15, 0.2) is 11.6 Å². The molecule has 3 heterocycles. The van der Waals surface area contributed by atoms with Gasteiger partial charge in [-0.15, -0.1) is 11.3 Å². The number of thiophene rings is 1. The number of aromatic nitrogens is 1. The van der Waals surface area contributed by atoms with Crippen LogP contribution in [0.3, 0.4) is 0 Å². The van der Waals surface area contributed by atoms with Crippen molar-refractivity contribution in [1.29, 1.82) is 0 Å². The zero-order valence-electron chi connectivity index (χ0n) is 23.4. The number of likely N-dealkylation sites (tertiary alicyclic amines) is 1. The lowest BCUT2D eigenvalue weighted by Crippen LogP contribution is -2.39. The summed E-state index contributed by atoms with van der Waals surface area (Å²) in [7, 11) is 0. The predicted octanol–water partition coefficient (Wildman–Crippen LogP) is 5.58. The third-order valence-electron chi connectivity index (χ3n) is 8.27. The monoisotopic (exact) mass is 590 g/mol. The number of hydrogen-bond donors (Lipinski definition) is 3. The molecule has 0 radical (unpaired) electrons. The minimum atomic E-state index is -0.956. The van der Waals surface area contributed by atoms with Crippen LogP contribution in [-0.4, -0.2) is 49.7 Å². The molecule has 220 valence electrons. The van der Waals surface area contributed by atoms with Crippen molar-refractivity contribution in [3.8, 4) is 5.75 Å². The molecule has 3 aromatic rings.